The lowest BCUT2D eigenvalue weighted by Gasteiger charge is -2.39. The standard InChI is InChI=1S/C31H28ClN5O5/c1-17(2)36-28-27(34-29(36)22-11-18-14-33-35(3)23(18)13-25(22)40-4)30(39)37(21-9-10-24-26(12-21)42-16-41-24)31(28,15-38)19-5-7-20(32)8-6-19/h5-14,17,38H,15-16H2,1-4H3/t31-/m0/s1. The number of amides is 1. The molecular weight excluding hydrogens is 558 g/mol. The van der Waals surface area contributed by atoms with Crippen LogP contribution in [-0.2, 0) is 12.6 Å². The number of fused-ring (bicyclic) bond motifs is 3. The van der Waals surface area contributed by atoms with Crippen molar-refractivity contribution in [2.24, 2.45) is 7.05 Å². The minimum Gasteiger partial charge on any atom is -0.496 e. The third kappa shape index (κ3) is 3.58. The first-order chi connectivity index (χ1) is 20.3. The molecule has 0 bridgehead atoms. The molecule has 0 fully saturated rings. The lowest BCUT2D eigenvalue weighted by molar-refractivity contribution is 0.0960. The van der Waals surface area contributed by atoms with Gasteiger partial charge in [-0.2, -0.15) is 5.10 Å². The number of hydrogen-bond acceptors (Lipinski definition) is 7. The van der Waals surface area contributed by atoms with Gasteiger partial charge in [0.1, 0.15) is 17.1 Å². The lowest BCUT2D eigenvalue weighted by Crippen LogP contribution is -2.49. The summed E-state index contributed by atoms with van der Waals surface area (Å²) in [5, 5.41) is 17.2. The number of aromatic nitrogens is 4. The first-order valence-corrected chi connectivity index (χ1v) is 13.9. The number of imidazole rings is 1. The Bertz CT molecular complexity index is 1880. The molecule has 0 aliphatic carbocycles. The summed E-state index contributed by atoms with van der Waals surface area (Å²) in [6.07, 6.45) is 1.78. The number of hydrogen-bond donors (Lipinski definition) is 1. The summed E-state index contributed by atoms with van der Waals surface area (Å²) in [4.78, 5) is 21.1. The van der Waals surface area contributed by atoms with Crippen molar-refractivity contribution in [3.63, 3.8) is 0 Å². The SMILES string of the molecule is COc1cc2c(cnn2C)cc1-c1nc2c(n1C(C)C)[C@](CO)(c1ccc(Cl)cc1)N(c1ccc3c(c1)OCO3)C2=O. The molecule has 0 unspecified atom stereocenters. The number of rotatable bonds is 6. The molecule has 4 heterocycles. The number of methoxy groups -OCH3 is 1. The van der Waals surface area contributed by atoms with Crippen molar-refractivity contribution in [2.75, 3.05) is 25.4 Å². The molecule has 3 aromatic carbocycles. The summed E-state index contributed by atoms with van der Waals surface area (Å²) >= 11 is 6.29. The van der Waals surface area contributed by atoms with Gasteiger partial charge in [0.25, 0.3) is 5.91 Å². The highest BCUT2D eigenvalue weighted by Gasteiger charge is 2.56. The molecule has 0 radical (unpaired) electrons. The fourth-order valence-corrected chi connectivity index (χ4v) is 6.30. The van der Waals surface area contributed by atoms with Crippen LogP contribution in [0.1, 0.15) is 41.6 Å². The highest BCUT2D eigenvalue weighted by Crippen LogP contribution is 2.51. The predicted molar refractivity (Wildman–Crippen MR) is 158 cm³/mol. The number of carbonyl (C=O) groups is 1. The van der Waals surface area contributed by atoms with Gasteiger partial charge in [0.05, 0.1) is 36.7 Å². The summed E-state index contributed by atoms with van der Waals surface area (Å²) in [7, 11) is 3.48. The van der Waals surface area contributed by atoms with Crippen molar-refractivity contribution in [1.82, 2.24) is 19.3 Å². The Balaban J connectivity index is 1.53. The normalized spacial score (nSPS) is 17.5. The summed E-state index contributed by atoms with van der Waals surface area (Å²) < 4.78 is 20.8. The summed E-state index contributed by atoms with van der Waals surface area (Å²) in [6.45, 7) is 3.73. The van der Waals surface area contributed by atoms with Crippen molar-refractivity contribution in [2.45, 2.75) is 25.4 Å². The first-order valence-electron chi connectivity index (χ1n) is 13.5. The number of carbonyl (C=O) groups excluding carboxylic acids is 1. The molecule has 10 nitrogen and oxygen atoms in total. The van der Waals surface area contributed by atoms with Gasteiger partial charge in [0.15, 0.2) is 17.2 Å². The van der Waals surface area contributed by atoms with Gasteiger partial charge in [-0.15, -0.1) is 0 Å². The van der Waals surface area contributed by atoms with E-state index >= 15 is 0 Å². The van der Waals surface area contributed by atoms with Crippen LogP contribution in [0.25, 0.3) is 22.3 Å². The number of benzene rings is 3. The maximum Gasteiger partial charge on any atom is 0.280 e. The molecule has 2 aliphatic rings. The van der Waals surface area contributed by atoms with Crippen LogP contribution in [0.15, 0.2) is 60.8 Å². The second kappa shape index (κ2) is 9.50. The fourth-order valence-electron chi connectivity index (χ4n) is 6.17. The number of nitrogens with zero attached hydrogens (tertiary/aromatic N) is 5. The zero-order chi connectivity index (χ0) is 29.3. The van der Waals surface area contributed by atoms with Crippen LogP contribution in [0.3, 0.4) is 0 Å². The van der Waals surface area contributed by atoms with Crippen LogP contribution >= 0.6 is 11.6 Å². The summed E-state index contributed by atoms with van der Waals surface area (Å²) in [6, 6.07) is 16.2. The molecule has 42 heavy (non-hydrogen) atoms. The third-order valence-corrected chi connectivity index (χ3v) is 8.33. The molecule has 1 N–H and O–H groups in total. The molecule has 214 valence electrons. The Morgan fingerprint density at radius 2 is 1.86 bits per heavy atom. The van der Waals surface area contributed by atoms with E-state index in [9.17, 15) is 9.90 Å². The van der Waals surface area contributed by atoms with E-state index in [4.69, 9.17) is 30.8 Å². The van der Waals surface area contributed by atoms with Crippen LogP contribution in [-0.4, -0.2) is 50.9 Å². The second-order valence-electron chi connectivity index (χ2n) is 10.7. The highest BCUT2D eigenvalue weighted by atomic mass is 35.5. The molecule has 1 atom stereocenters. The monoisotopic (exact) mass is 585 g/mol. The number of aryl methyl sites for hydroxylation is 1. The van der Waals surface area contributed by atoms with Crippen molar-refractivity contribution in [3.05, 3.63) is 82.8 Å². The molecule has 7 rings (SSSR count). The number of ether oxygens (including phenoxy) is 3. The quantitative estimate of drug-likeness (QED) is 0.288. The van der Waals surface area contributed by atoms with Crippen molar-refractivity contribution < 1.29 is 24.1 Å². The van der Waals surface area contributed by atoms with Gasteiger partial charge in [0, 0.05) is 41.3 Å². The van der Waals surface area contributed by atoms with Crippen LogP contribution in [0.2, 0.25) is 5.02 Å². The van der Waals surface area contributed by atoms with Gasteiger partial charge in [-0.1, -0.05) is 23.7 Å². The third-order valence-electron chi connectivity index (χ3n) is 8.08. The Labute approximate surface area is 246 Å². The molecule has 0 saturated carbocycles. The van der Waals surface area contributed by atoms with Gasteiger partial charge in [0.2, 0.25) is 6.79 Å². The predicted octanol–water partition coefficient (Wildman–Crippen LogP) is 5.30. The molecule has 0 spiro atoms. The van der Waals surface area contributed by atoms with Gasteiger partial charge in [-0.05, 0) is 49.7 Å². The zero-order valence-corrected chi connectivity index (χ0v) is 24.2. The smallest absolute Gasteiger partial charge is 0.280 e. The molecule has 11 heteroatoms. The van der Waals surface area contributed by atoms with Crippen LogP contribution in [0, 0.1) is 0 Å². The van der Waals surface area contributed by atoms with Crippen molar-refractivity contribution in [3.8, 4) is 28.6 Å². The summed E-state index contributed by atoms with van der Waals surface area (Å²) in [5.74, 6) is 1.92. The highest BCUT2D eigenvalue weighted by molar-refractivity contribution is 6.30. The van der Waals surface area contributed by atoms with Gasteiger partial charge in [-0.25, -0.2) is 4.98 Å². The maximum atomic E-state index is 14.5. The molecule has 2 aromatic heterocycles. The van der Waals surface area contributed by atoms with Crippen molar-refractivity contribution in [1.29, 1.82) is 0 Å². The fraction of sp³-hybridized carbons (Fsp3) is 0.258. The molecule has 0 saturated heterocycles. The van der Waals surface area contributed by atoms with E-state index < -0.39 is 12.1 Å². The Kier molecular flexibility index (Phi) is 5.96. The number of aliphatic hydroxyl groups excluding tert-OH is 1. The molecular formula is C31H28ClN5O5. The van der Waals surface area contributed by atoms with E-state index in [2.05, 4.69) is 5.10 Å². The minimum atomic E-state index is -1.33. The van der Waals surface area contributed by atoms with E-state index in [1.54, 1.807) is 53.2 Å². The second-order valence-corrected chi connectivity index (χ2v) is 11.1. The number of aliphatic hydroxyl groups is 1. The van der Waals surface area contributed by atoms with Crippen molar-refractivity contribution >= 4 is 34.1 Å². The number of anilines is 1. The lowest BCUT2D eigenvalue weighted by atomic mass is 9.86. The van der Waals surface area contributed by atoms with E-state index in [-0.39, 0.29) is 24.4 Å². The van der Waals surface area contributed by atoms with Gasteiger partial charge >= 0.3 is 0 Å². The topological polar surface area (TPSA) is 104 Å². The average Bonchev–Trinajstić information content (AvgIpc) is 3.75. The Morgan fingerprint density at radius 3 is 2.57 bits per heavy atom. The van der Waals surface area contributed by atoms with E-state index in [1.807, 2.05) is 49.7 Å². The number of halogens is 1. The summed E-state index contributed by atoms with van der Waals surface area (Å²) in [5.41, 5.74) is 2.33. The molecule has 1 amide bonds. The molecule has 2 aliphatic heterocycles. The Morgan fingerprint density at radius 1 is 1.10 bits per heavy atom. The zero-order valence-electron chi connectivity index (χ0n) is 23.5. The Hall–Kier alpha value is -4.54. The maximum absolute atomic E-state index is 14.5. The minimum absolute atomic E-state index is 0.0989. The van der Waals surface area contributed by atoms with E-state index in [0.29, 0.717) is 50.6 Å². The van der Waals surface area contributed by atoms with Gasteiger partial charge < -0.3 is 23.9 Å². The van der Waals surface area contributed by atoms with E-state index in [0.717, 1.165) is 10.9 Å². The van der Waals surface area contributed by atoms with Crippen LogP contribution in [0.4, 0.5) is 5.69 Å². The average molecular weight is 586 g/mol. The largest absolute Gasteiger partial charge is 0.496 e. The van der Waals surface area contributed by atoms with Crippen LogP contribution in [0.5, 0.6) is 17.2 Å². The van der Waals surface area contributed by atoms with Crippen LogP contribution < -0.4 is 19.1 Å². The van der Waals surface area contributed by atoms with E-state index in [1.165, 1.54) is 0 Å². The van der Waals surface area contributed by atoms with Gasteiger partial charge in [-0.3, -0.25) is 14.4 Å². The first kappa shape index (κ1) is 26.4. The molecule has 5 aromatic rings.